The van der Waals surface area contributed by atoms with Crippen molar-refractivity contribution in [1.82, 2.24) is 14.7 Å². The summed E-state index contributed by atoms with van der Waals surface area (Å²) in [5.74, 6) is 0.600. The molecule has 0 radical (unpaired) electrons. The van der Waals surface area contributed by atoms with E-state index in [0.717, 1.165) is 44.5 Å². The van der Waals surface area contributed by atoms with Crippen molar-refractivity contribution in [2.45, 2.75) is 51.0 Å². The Morgan fingerprint density at radius 3 is 2.54 bits per heavy atom. The van der Waals surface area contributed by atoms with Crippen molar-refractivity contribution < 1.29 is 4.79 Å². The first kappa shape index (κ1) is 17.5. The number of aromatic nitrogens is 2. The van der Waals surface area contributed by atoms with Crippen molar-refractivity contribution in [3.8, 4) is 0 Å². The molecule has 2 heterocycles. The van der Waals surface area contributed by atoms with E-state index in [1.54, 1.807) is 13.2 Å². The molecule has 1 N–H and O–H groups in total. The monoisotopic (exact) mass is 396 g/mol. The number of halogens is 1. The number of rotatable bonds is 3. The standard InChI is InChI=1S/C17H25BrN4O2/c1-21-17(24)15(18)14(11-19-21)20-13-7-9-22(10-8-13)16(23)12-5-3-2-4-6-12/h11-13,20H,2-10H2,1H3. The van der Waals surface area contributed by atoms with E-state index in [2.05, 4.69) is 26.3 Å². The molecule has 2 fully saturated rings. The number of carbonyl (C=O) groups excluding carboxylic acids is 1. The maximum absolute atomic E-state index is 12.6. The Morgan fingerprint density at radius 1 is 1.21 bits per heavy atom. The summed E-state index contributed by atoms with van der Waals surface area (Å²) in [5.41, 5.74) is 0.583. The molecule has 0 spiro atoms. The number of hydrogen-bond acceptors (Lipinski definition) is 4. The van der Waals surface area contributed by atoms with Crippen LogP contribution in [0.3, 0.4) is 0 Å². The second-order valence-corrected chi connectivity index (χ2v) is 7.67. The van der Waals surface area contributed by atoms with E-state index in [1.165, 1.54) is 23.9 Å². The number of nitrogens with zero attached hydrogens (tertiary/aromatic N) is 3. The minimum absolute atomic E-state index is 0.148. The van der Waals surface area contributed by atoms with Crippen molar-refractivity contribution >= 4 is 27.5 Å². The lowest BCUT2D eigenvalue weighted by Crippen LogP contribution is -2.45. The second-order valence-electron chi connectivity index (χ2n) is 6.88. The van der Waals surface area contributed by atoms with E-state index in [1.807, 2.05) is 4.90 Å². The van der Waals surface area contributed by atoms with E-state index in [-0.39, 0.29) is 17.5 Å². The number of nitrogens with one attached hydrogen (secondary N) is 1. The summed E-state index contributed by atoms with van der Waals surface area (Å²) in [5, 5.41) is 7.45. The maximum Gasteiger partial charge on any atom is 0.282 e. The second kappa shape index (κ2) is 7.68. The molecular formula is C17H25BrN4O2. The van der Waals surface area contributed by atoms with Gasteiger partial charge in [0.1, 0.15) is 4.47 Å². The number of amides is 1. The Labute approximate surface area is 150 Å². The zero-order valence-corrected chi connectivity index (χ0v) is 15.7. The highest BCUT2D eigenvalue weighted by molar-refractivity contribution is 9.10. The lowest BCUT2D eigenvalue weighted by atomic mass is 9.87. The van der Waals surface area contributed by atoms with Crippen LogP contribution in [0.25, 0.3) is 0 Å². The summed E-state index contributed by atoms with van der Waals surface area (Å²) in [6.07, 6.45) is 9.25. The molecule has 132 valence electrons. The molecule has 0 aromatic carbocycles. The molecule has 0 unspecified atom stereocenters. The van der Waals surface area contributed by atoms with Crippen molar-refractivity contribution in [3.63, 3.8) is 0 Å². The molecule has 1 aromatic rings. The van der Waals surface area contributed by atoms with Crippen molar-refractivity contribution in [2.75, 3.05) is 18.4 Å². The van der Waals surface area contributed by atoms with Crippen molar-refractivity contribution in [2.24, 2.45) is 13.0 Å². The fourth-order valence-electron chi connectivity index (χ4n) is 3.68. The van der Waals surface area contributed by atoms with Gasteiger partial charge in [0.25, 0.3) is 5.56 Å². The lowest BCUT2D eigenvalue weighted by Gasteiger charge is -2.35. The molecule has 0 atom stereocenters. The highest BCUT2D eigenvalue weighted by Gasteiger charge is 2.29. The molecule has 1 aliphatic carbocycles. The summed E-state index contributed by atoms with van der Waals surface area (Å²) < 4.78 is 1.82. The predicted molar refractivity (Wildman–Crippen MR) is 97.0 cm³/mol. The Kier molecular flexibility index (Phi) is 5.58. The Morgan fingerprint density at radius 2 is 1.88 bits per heavy atom. The molecule has 1 aromatic heterocycles. The average molecular weight is 397 g/mol. The highest BCUT2D eigenvalue weighted by atomic mass is 79.9. The van der Waals surface area contributed by atoms with E-state index in [0.29, 0.717) is 10.4 Å². The third-order valence-corrected chi connectivity index (χ3v) is 5.97. The zero-order valence-electron chi connectivity index (χ0n) is 14.1. The predicted octanol–water partition coefficient (Wildman–Crippen LogP) is 2.53. The van der Waals surface area contributed by atoms with E-state index >= 15 is 0 Å². The maximum atomic E-state index is 12.6. The SMILES string of the molecule is Cn1ncc(NC2CCN(C(=O)C3CCCCC3)CC2)c(Br)c1=O. The van der Waals surface area contributed by atoms with Gasteiger partial charge in [-0.1, -0.05) is 19.3 Å². The first-order valence-electron chi connectivity index (χ1n) is 8.83. The Bertz CT molecular complexity index is 646. The van der Waals surface area contributed by atoms with Crippen LogP contribution in [-0.2, 0) is 11.8 Å². The van der Waals surface area contributed by atoms with Crippen LogP contribution in [0.15, 0.2) is 15.5 Å². The molecule has 0 bridgehead atoms. The first-order valence-corrected chi connectivity index (χ1v) is 9.62. The molecule has 7 heteroatoms. The van der Waals surface area contributed by atoms with Crippen LogP contribution >= 0.6 is 15.9 Å². The number of likely N-dealkylation sites (tertiary alicyclic amines) is 1. The van der Waals surface area contributed by atoms with Gasteiger partial charge in [0.15, 0.2) is 0 Å². The van der Waals surface area contributed by atoms with Crippen LogP contribution in [0.5, 0.6) is 0 Å². The van der Waals surface area contributed by atoms with E-state index in [9.17, 15) is 9.59 Å². The van der Waals surface area contributed by atoms with Gasteiger partial charge >= 0.3 is 0 Å². The van der Waals surface area contributed by atoms with Crippen molar-refractivity contribution in [1.29, 1.82) is 0 Å². The van der Waals surface area contributed by atoms with Gasteiger partial charge in [-0.15, -0.1) is 0 Å². The summed E-state index contributed by atoms with van der Waals surface area (Å²) in [7, 11) is 1.63. The van der Waals surface area contributed by atoms with Gasteiger partial charge in [0.2, 0.25) is 5.91 Å². The van der Waals surface area contributed by atoms with Gasteiger partial charge in [-0.25, -0.2) is 4.68 Å². The molecule has 1 amide bonds. The molecule has 1 aliphatic heterocycles. The average Bonchev–Trinajstić information content (AvgIpc) is 2.63. The fourth-order valence-corrected chi connectivity index (χ4v) is 4.16. The molecule has 1 saturated carbocycles. The molecule has 2 aliphatic rings. The van der Waals surface area contributed by atoms with Gasteiger partial charge in [-0.2, -0.15) is 5.10 Å². The lowest BCUT2D eigenvalue weighted by molar-refractivity contribution is -0.137. The van der Waals surface area contributed by atoms with E-state index < -0.39 is 0 Å². The van der Waals surface area contributed by atoms with Gasteiger partial charge < -0.3 is 10.2 Å². The third-order valence-electron chi connectivity index (χ3n) is 5.20. The van der Waals surface area contributed by atoms with Crippen LogP contribution in [0.1, 0.15) is 44.9 Å². The number of anilines is 1. The highest BCUT2D eigenvalue weighted by Crippen LogP contribution is 2.27. The molecule has 3 rings (SSSR count). The van der Waals surface area contributed by atoms with Crippen LogP contribution < -0.4 is 10.9 Å². The largest absolute Gasteiger partial charge is 0.380 e. The quantitative estimate of drug-likeness (QED) is 0.851. The smallest absolute Gasteiger partial charge is 0.282 e. The Balaban J connectivity index is 1.54. The van der Waals surface area contributed by atoms with Crippen LogP contribution in [0, 0.1) is 5.92 Å². The normalized spacial score (nSPS) is 20.2. The van der Waals surface area contributed by atoms with Crippen LogP contribution in [-0.4, -0.2) is 39.7 Å². The van der Waals surface area contributed by atoms with Gasteiger partial charge in [-0.05, 0) is 41.6 Å². The topological polar surface area (TPSA) is 67.2 Å². The summed E-state index contributed by atoms with van der Waals surface area (Å²) in [4.78, 5) is 26.5. The zero-order chi connectivity index (χ0) is 17.1. The van der Waals surface area contributed by atoms with Crippen LogP contribution in [0.4, 0.5) is 5.69 Å². The first-order chi connectivity index (χ1) is 11.6. The molecule has 1 saturated heterocycles. The van der Waals surface area contributed by atoms with Crippen molar-refractivity contribution in [3.05, 3.63) is 21.0 Å². The van der Waals surface area contributed by atoms with Gasteiger partial charge in [-0.3, -0.25) is 9.59 Å². The van der Waals surface area contributed by atoms with E-state index in [4.69, 9.17) is 0 Å². The molecule has 6 nitrogen and oxygen atoms in total. The molecule has 24 heavy (non-hydrogen) atoms. The number of aryl methyl sites for hydroxylation is 1. The van der Waals surface area contributed by atoms with Gasteiger partial charge in [0.05, 0.1) is 11.9 Å². The van der Waals surface area contributed by atoms with Gasteiger partial charge in [0, 0.05) is 32.1 Å². The van der Waals surface area contributed by atoms with Crippen LogP contribution in [0.2, 0.25) is 0 Å². The summed E-state index contributed by atoms with van der Waals surface area (Å²) in [6.45, 7) is 1.59. The summed E-state index contributed by atoms with van der Waals surface area (Å²) in [6, 6.07) is 0.269. The number of carbonyl (C=O) groups is 1. The number of piperidine rings is 1. The third kappa shape index (κ3) is 3.82. The Hall–Kier alpha value is -1.37. The number of hydrogen-bond donors (Lipinski definition) is 1. The minimum atomic E-state index is -0.148. The fraction of sp³-hybridized carbons (Fsp3) is 0.706. The summed E-state index contributed by atoms with van der Waals surface area (Å²) >= 11 is 3.34. The minimum Gasteiger partial charge on any atom is -0.380 e. The molecular weight excluding hydrogens is 372 g/mol.